The smallest absolute Gasteiger partial charge is 0.405 e. The number of nitrogens with zero attached hydrogens (tertiary/aromatic N) is 7. The van der Waals surface area contributed by atoms with Gasteiger partial charge < -0.3 is 19.5 Å². The number of benzene rings is 2. The quantitative estimate of drug-likeness (QED) is 0.108. The molecular weight excluding hydrogens is 1160 g/mol. The molecule has 1 aliphatic rings. The Balaban J connectivity index is 0.000000362. The van der Waals surface area contributed by atoms with Crippen LogP contribution in [0.25, 0.3) is 5.00 Å². The molecule has 9 aromatic rings. The number of hydrogen-bond acceptors (Lipinski definition) is 10. The number of nitrogens with one attached hydrogen (secondary N) is 1. The molecule has 2 aromatic carbocycles. The number of thiophene rings is 2. The van der Waals surface area contributed by atoms with Crippen LogP contribution >= 0.6 is 22.7 Å². The molecule has 0 saturated carbocycles. The standard InChI is InChI=1S/C13H16N2.C13H15NOS.C12H18N2.C12H13NOS.C10H11F3O.C10H16N2.3CH4/c1-11(2)13-6-4-12(5-7-13)10-15-9-3-8-14-15;1-10(2)11-7-12(16-9-11)8-14-6-4-3-5-13(14)15;1-10(2)11-5-6-12(13-9-11)14-7-3-4-8-14;1-9(2)10-7-12(15-8-10)13-6-4-3-5-11(13)14;1-7(2)8-5-3-4-6-9(8)14-10(11,12)13;1-8(2)9-4-5-12-10(6-9)7-11-3;;;/h3-9,11H,10H2,1-2H3;3-7,9-10H,8H2,1-2H3;5-6,9-10H,3-4,7-8H2,1-2H3;3-9H,1-2H3;3-7H,1-2H3;4-6,8,11H,7H2,1-3H3;3*1H4. The molecule has 11 nitrogen and oxygen atoms in total. The maximum Gasteiger partial charge on any atom is 0.573 e. The van der Waals surface area contributed by atoms with E-state index in [1.807, 2.05) is 74.8 Å². The molecule has 16 heteroatoms. The molecule has 1 aliphatic heterocycles. The Hall–Kier alpha value is -7.40. The summed E-state index contributed by atoms with van der Waals surface area (Å²) in [6.45, 7) is 30.2. The number of para-hydroxylation sites is 1. The summed E-state index contributed by atoms with van der Waals surface area (Å²) < 4.78 is 45.1. The second-order valence-electron chi connectivity index (χ2n) is 22.9. The lowest BCUT2D eigenvalue weighted by Gasteiger charge is -2.16. The molecule has 0 unspecified atom stereocenters. The van der Waals surface area contributed by atoms with E-state index in [1.165, 1.54) is 76.3 Å². The molecular formula is C73H101F3N8O3S2. The van der Waals surface area contributed by atoms with Crippen molar-refractivity contribution in [2.75, 3.05) is 25.0 Å². The van der Waals surface area contributed by atoms with Crippen LogP contribution < -0.4 is 26.1 Å². The number of halogens is 3. The van der Waals surface area contributed by atoms with E-state index in [-0.39, 0.29) is 45.1 Å². The maximum absolute atomic E-state index is 12.0. The molecule has 0 aliphatic carbocycles. The average molecular weight is 1260 g/mol. The Kier molecular flexibility index (Phi) is 34.5. The van der Waals surface area contributed by atoms with Crippen molar-refractivity contribution < 1.29 is 17.9 Å². The molecule has 89 heavy (non-hydrogen) atoms. The van der Waals surface area contributed by atoms with Crippen LogP contribution in [0, 0.1) is 0 Å². The molecule has 1 saturated heterocycles. The van der Waals surface area contributed by atoms with Crippen molar-refractivity contribution in [3.8, 4) is 10.8 Å². The van der Waals surface area contributed by atoms with Gasteiger partial charge in [0.25, 0.3) is 11.1 Å². The van der Waals surface area contributed by atoms with Gasteiger partial charge in [0.2, 0.25) is 0 Å². The van der Waals surface area contributed by atoms with Crippen LogP contribution in [-0.2, 0) is 19.6 Å². The van der Waals surface area contributed by atoms with Crippen LogP contribution in [0.15, 0.2) is 185 Å². The number of hydrogen-bond donors (Lipinski definition) is 1. The molecule has 0 amide bonds. The molecule has 484 valence electrons. The largest absolute Gasteiger partial charge is 0.573 e. The van der Waals surface area contributed by atoms with Gasteiger partial charge in [0, 0.05) is 73.8 Å². The van der Waals surface area contributed by atoms with Crippen molar-refractivity contribution >= 4 is 28.5 Å². The topological polar surface area (TPSA) is 112 Å². The van der Waals surface area contributed by atoms with Gasteiger partial charge in [-0.05, 0) is 160 Å². The van der Waals surface area contributed by atoms with Gasteiger partial charge in [-0.2, -0.15) is 5.10 Å². The second kappa shape index (κ2) is 39.6. The van der Waals surface area contributed by atoms with Gasteiger partial charge in [0.1, 0.15) is 16.6 Å². The summed E-state index contributed by atoms with van der Waals surface area (Å²) in [4.78, 5) is 35.5. The first-order chi connectivity index (χ1) is 41.0. The van der Waals surface area contributed by atoms with E-state index >= 15 is 0 Å². The SMILES string of the molecule is C.C.C.CC(C)c1ccc(Cn2cccn2)cc1.CC(C)c1ccc(N2CCCC2)nc1.CC(C)c1ccccc1OC(F)(F)F.CC(C)c1csc(-n2ccccc2=O)c1.CC(C)c1csc(Cn2ccccc2=O)c1.CNCc1cc(C(C)C)ccn1. The lowest BCUT2D eigenvalue weighted by Crippen LogP contribution is -2.18. The predicted molar refractivity (Wildman–Crippen MR) is 372 cm³/mol. The lowest BCUT2D eigenvalue weighted by atomic mass is 10.0. The Morgan fingerprint density at radius 2 is 1.15 bits per heavy atom. The summed E-state index contributed by atoms with van der Waals surface area (Å²) in [6.07, 6.45) is 9.32. The van der Waals surface area contributed by atoms with E-state index in [4.69, 9.17) is 0 Å². The summed E-state index contributed by atoms with van der Waals surface area (Å²) >= 11 is 3.33. The third-order valence-corrected chi connectivity index (χ3v) is 15.8. The van der Waals surface area contributed by atoms with Crippen LogP contribution in [0.1, 0.15) is 203 Å². The van der Waals surface area contributed by atoms with E-state index in [0.717, 1.165) is 29.6 Å². The predicted octanol–water partition coefficient (Wildman–Crippen LogP) is 19.5. The number of rotatable bonds is 15. The first kappa shape index (κ1) is 77.7. The number of aromatic nitrogens is 6. The fourth-order valence-corrected chi connectivity index (χ4v) is 10.8. The zero-order valence-corrected chi connectivity index (χ0v) is 54.1. The Bertz CT molecular complexity index is 3450. The van der Waals surface area contributed by atoms with Crippen LogP contribution in [0.3, 0.4) is 0 Å². The first-order valence-corrected chi connectivity index (χ1v) is 31.5. The van der Waals surface area contributed by atoms with Crippen molar-refractivity contribution in [3.05, 3.63) is 246 Å². The molecule has 1 fully saturated rings. The van der Waals surface area contributed by atoms with E-state index in [9.17, 15) is 22.8 Å². The molecule has 8 heterocycles. The summed E-state index contributed by atoms with van der Waals surface area (Å²) in [7, 11) is 1.93. The zero-order valence-electron chi connectivity index (χ0n) is 52.5. The summed E-state index contributed by atoms with van der Waals surface area (Å²) in [6, 6.07) is 40.2. The summed E-state index contributed by atoms with van der Waals surface area (Å²) in [5, 5.41) is 12.5. The highest BCUT2D eigenvalue weighted by Crippen LogP contribution is 2.31. The highest BCUT2D eigenvalue weighted by atomic mass is 32.1. The van der Waals surface area contributed by atoms with Gasteiger partial charge in [0.15, 0.2) is 0 Å². The van der Waals surface area contributed by atoms with E-state index in [1.54, 1.807) is 74.4 Å². The first-order valence-electron chi connectivity index (χ1n) is 29.7. The third-order valence-electron chi connectivity index (χ3n) is 13.9. The summed E-state index contributed by atoms with van der Waals surface area (Å²) in [5.41, 5.74) is 9.76. The van der Waals surface area contributed by atoms with Crippen LogP contribution in [0.4, 0.5) is 19.0 Å². The maximum atomic E-state index is 12.0. The van der Waals surface area contributed by atoms with Gasteiger partial charge in [0.05, 0.1) is 18.8 Å². The van der Waals surface area contributed by atoms with Gasteiger partial charge in [-0.25, -0.2) is 4.98 Å². The van der Waals surface area contributed by atoms with Gasteiger partial charge in [-0.15, -0.1) is 35.8 Å². The number of alkyl halides is 3. The normalized spacial score (nSPS) is 11.6. The minimum absolute atomic E-state index is 0. The highest BCUT2D eigenvalue weighted by molar-refractivity contribution is 7.12. The molecule has 1 N–H and O–H groups in total. The van der Waals surface area contributed by atoms with E-state index in [0.29, 0.717) is 41.7 Å². The Morgan fingerprint density at radius 3 is 1.67 bits per heavy atom. The van der Waals surface area contributed by atoms with Crippen LogP contribution in [0.5, 0.6) is 5.75 Å². The molecule has 0 spiro atoms. The van der Waals surface area contributed by atoms with Crippen molar-refractivity contribution in [1.82, 2.24) is 34.2 Å². The van der Waals surface area contributed by atoms with Crippen LogP contribution in [-0.4, -0.2) is 55.4 Å². The number of anilines is 1. The molecule has 10 rings (SSSR count). The fourth-order valence-electron chi connectivity index (χ4n) is 8.69. The van der Waals surface area contributed by atoms with Gasteiger partial charge in [-0.3, -0.25) is 23.8 Å². The Labute approximate surface area is 538 Å². The minimum Gasteiger partial charge on any atom is -0.405 e. The second-order valence-corrected chi connectivity index (χ2v) is 24.7. The van der Waals surface area contributed by atoms with Crippen molar-refractivity contribution in [3.63, 3.8) is 0 Å². The molecule has 0 bridgehead atoms. The van der Waals surface area contributed by atoms with Crippen molar-refractivity contribution in [2.45, 2.75) is 180 Å². The van der Waals surface area contributed by atoms with E-state index in [2.05, 4.69) is 171 Å². The van der Waals surface area contributed by atoms with Gasteiger partial charge >= 0.3 is 6.36 Å². The summed E-state index contributed by atoms with van der Waals surface area (Å²) in [5.74, 6) is 3.87. The number of pyridine rings is 4. The van der Waals surface area contributed by atoms with Crippen molar-refractivity contribution in [2.24, 2.45) is 0 Å². The van der Waals surface area contributed by atoms with Crippen molar-refractivity contribution in [1.29, 1.82) is 0 Å². The van der Waals surface area contributed by atoms with Crippen LogP contribution in [0.2, 0.25) is 0 Å². The van der Waals surface area contributed by atoms with Gasteiger partial charge in [-0.1, -0.05) is 166 Å². The fraction of sp³-hybridized carbons (Fsp3) is 0.411. The zero-order chi connectivity index (χ0) is 62.8. The van der Waals surface area contributed by atoms with E-state index < -0.39 is 6.36 Å². The molecule has 7 aromatic heterocycles. The highest BCUT2D eigenvalue weighted by Gasteiger charge is 2.32. The number of ether oxygens (including phenoxy) is 1. The molecule has 0 radical (unpaired) electrons. The Morgan fingerprint density at radius 1 is 0.562 bits per heavy atom. The third kappa shape index (κ3) is 27.1. The average Bonchev–Trinajstić information content (AvgIpc) is 3.42. The lowest BCUT2D eigenvalue weighted by molar-refractivity contribution is -0.275. The molecule has 0 atom stereocenters. The minimum atomic E-state index is -4.62. The monoisotopic (exact) mass is 1260 g/mol.